The second-order valence-electron chi connectivity index (χ2n) is 6.09. The number of rotatable bonds is 4. The summed E-state index contributed by atoms with van der Waals surface area (Å²) >= 11 is 0. The normalized spacial score (nSPS) is 14.6. The van der Waals surface area contributed by atoms with Crippen molar-refractivity contribution in [1.82, 2.24) is 19.6 Å². The molecule has 4 rings (SSSR count). The van der Waals surface area contributed by atoms with Crippen molar-refractivity contribution in [3.8, 4) is 0 Å². The van der Waals surface area contributed by atoms with Gasteiger partial charge in [0.2, 0.25) is 0 Å². The van der Waals surface area contributed by atoms with E-state index < -0.39 is 0 Å². The number of fused-ring (bicyclic) bond motifs is 1. The number of nitrogens with zero attached hydrogens (tertiary/aromatic N) is 5. The summed E-state index contributed by atoms with van der Waals surface area (Å²) in [4.78, 5) is 18.7. The molecule has 1 saturated heterocycles. The van der Waals surface area contributed by atoms with Crippen molar-refractivity contribution in [3.05, 3.63) is 58.6 Å². The number of aryl methyl sites for hydroxylation is 1. The quantitative estimate of drug-likeness (QED) is 0.781. The van der Waals surface area contributed by atoms with E-state index in [1.165, 1.54) is 10.5 Å². The molecule has 3 aromatic heterocycles. The second-order valence-corrected chi connectivity index (χ2v) is 6.09. The third-order valence-electron chi connectivity index (χ3n) is 4.21. The fourth-order valence-electron chi connectivity index (χ4n) is 2.84. The van der Waals surface area contributed by atoms with Crippen LogP contribution in [0.5, 0.6) is 0 Å². The molecule has 4 heterocycles. The summed E-state index contributed by atoms with van der Waals surface area (Å²) in [5, 5.41) is 11.6. The third kappa shape index (κ3) is 2.80. The number of nitrogens with one attached hydrogen (secondary N) is 1. The lowest BCUT2D eigenvalue weighted by Crippen LogP contribution is -2.50. The summed E-state index contributed by atoms with van der Waals surface area (Å²) in [6, 6.07) is 11.0. The van der Waals surface area contributed by atoms with Crippen molar-refractivity contribution in [1.29, 1.82) is 0 Å². The topological polar surface area (TPSA) is 75.4 Å². The van der Waals surface area contributed by atoms with Gasteiger partial charge in [0.25, 0.3) is 5.56 Å². The van der Waals surface area contributed by atoms with E-state index in [-0.39, 0.29) is 5.56 Å². The van der Waals surface area contributed by atoms with Gasteiger partial charge in [0, 0.05) is 37.8 Å². The van der Waals surface area contributed by atoms with Crippen molar-refractivity contribution in [2.45, 2.75) is 6.92 Å². The largest absolute Gasteiger partial charge is 0.369 e. The van der Waals surface area contributed by atoms with Gasteiger partial charge in [-0.3, -0.25) is 9.20 Å². The molecular formula is C17H18N6O. The van der Waals surface area contributed by atoms with E-state index in [4.69, 9.17) is 0 Å². The minimum Gasteiger partial charge on any atom is -0.369 e. The molecule has 0 aromatic carbocycles. The molecule has 1 aliphatic heterocycles. The van der Waals surface area contributed by atoms with Crippen LogP contribution in [-0.2, 0) is 0 Å². The van der Waals surface area contributed by atoms with Gasteiger partial charge in [-0.2, -0.15) is 5.10 Å². The molecule has 1 fully saturated rings. The summed E-state index contributed by atoms with van der Waals surface area (Å²) in [7, 11) is 0. The lowest BCUT2D eigenvalue weighted by Gasteiger charge is -2.40. The molecular weight excluding hydrogens is 304 g/mol. The molecule has 24 heavy (non-hydrogen) atoms. The number of anilines is 2. The summed E-state index contributed by atoms with van der Waals surface area (Å²) in [6.07, 6.45) is 1.72. The number of pyridine rings is 1. The van der Waals surface area contributed by atoms with Crippen LogP contribution < -0.4 is 15.8 Å². The van der Waals surface area contributed by atoms with Crippen LogP contribution in [0.1, 0.15) is 5.69 Å². The molecule has 3 aromatic rings. The van der Waals surface area contributed by atoms with Crippen molar-refractivity contribution >= 4 is 17.3 Å². The molecule has 7 heteroatoms. The molecule has 0 saturated carbocycles. The first-order chi connectivity index (χ1) is 11.7. The van der Waals surface area contributed by atoms with Crippen LogP contribution in [0.3, 0.4) is 0 Å². The molecule has 7 nitrogen and oxygen atoms in total. The van der Waals surface area contributed by atoms with Crippen LogP contribution in [0.4, 0.5) is 11.6 Å². The maximum Gasteiger partial charge on any atom is 0.259 e. The Morgan fingerprint density at radius 3 is 2.88 bits per heavy atom. The van der Waals surface area contributed by atoms with Gasteiger partial charge in [0.15, 0.2) is 5.82 Å². The summed E-state index contributed by atoms with van der Waals surface area (Å²) in [5.41, 5.74) is 1.50. The Bertz CT molecular complexity index is 914. The highest BCUT2D eigenvalue weighted by Gasteiger charge is 2.27. The van der Waals surface area contributed by atoms with Gasteiger partial charge >= 0.3 is 0 Å². The fourth-order valence-corrected chi connectivity index (χ4v) is 2.84. The van der Waals surface area contributed by atoms with Crippen LogP contribution in [0.2, 0.25) is 0 Å². The Morgan fingerprint density at radius 1 is 1.21 bits per heavy atom. The van der Waals surface area contributed by atoms with Gasteiger partial charge in [-0.1, -0.05) is 6.07 Å². The van der Waals surface area contributed by atoms with Crippen LogP contribution >= 0.6 is 0 Å². The van der Waals surface area contributed by atoms with Crippen LogP contribution in [-0.4, -0.2) is 39.2 Å². The maximum atomic E-state index is 12.1. The van der Waals surface area contributed by atoms with Crippen LogP contribution in [0, 0.1) is 12.8 Å². The van der Waals surface area contributed by atoms with E-state index in [1.807, 2.05) is 37.3 Å². The number of hydrogen-bond acceptors (Lipinski definition) is 6. The monoisotopic (exact) mass is 322 g/mol. The van der Waals surface area contributed by atoms with E-state index in [9.17, 15) is 4.79 Å². The molecule has 122 valence electrons. The predicted molar refractivity (Wildman–Crippen MR) is 92.4 cm³/mol. The van der Waals surface area contributed by atoms with Crippen molar-refractivity contribution < 1.29 is 0 Å². The Hall–Kier alpha value is -2.96. The first-order valence-corrected chi connectivity index (χ1v) is 7.97. The van der Waals surface area contributed by atoms with Crippen molar-refractivity contribution in [2.24, 2.45) is 5.92 Å². The number of aromatic nitrogens is 4. The van der Waals surface area contributed by atoms with Crippen molar-refractivity contribution in [3.63, 3.8) is 0 Å². The zero-order valence-electron chi connectivity index (χ0n) is 13.4. The second kappa shape index (κ2) is 5.92. The SMILES string of the molecule is Cc1ccc(N2CC(CNc3cc(=O)n4ccccc4n3)C2)nn1. The average molecular weight is 322 g/mol. The summed E-state index contributed by atoms with van der Waals surface area (Å²) in [5.74, 6) is 2.04. The Morgan fingerprint density at radius 2 is 2.08 bits per heavy atom. The highest BCUT2D eigenvalue weighted by atomic mass is 16.1. The molecule has 1 aliphatic rings. The van der Waals surface area contributed by atoms with Gasteiger partial charge in [0.05, 0.1) is 5.69 Å². The molecule has 0 aliphatic carbocycles. The number of hydrogen-bond donors (Lipinski definition) is 1. The highest BCUT2D eigenvalue weighted by Crippen LogP contribution is 2.22. The lowest BCUT2D eigenvalue weighted by atomic mass is 10.0. The predicted octanol–water partition coefficient (Wildman–Crippen LogP) is 1.34. The van der Waals surface area contributed by atoms with E-state index in [2.05, 4.69) is 25.4 Å². The summed E-state index contributed by atoms with van der Waals surface area (Å²) < 4.78 is 1.53. The minimum atomic E-state index is -0.0757. The molecule has 0 atom stereocenters. The summed E-state index contributed by atoms with van der Waals surface area (Å²) in [6.45, 7) is 4.57. The van der Waals surface area contributed by atoms with Crippen LogP contribution in [0.25, 0.3) is 5.65 Å². The zero-order chi connectivity index (χ0) is 16.5. The molecule has 0 amide bonds. The van der Waals surface area contributed by atoms with Crippen molar-refractivity contribution in [2.75, 3.05) is 29.9 Å². The third-order valence-corrected chi connectivity index (χ3v) is 4.21. The zero-order valence-corrected chi connectivity index (χ0v) is 13.4. The molecule has 0 spiro atoms. The highest BCUT2D eigenvalue weighted by molar-refractivity contribution is 5.47. The van der Waals surface area contributed by atoms with E-state index in [0.29, 0.717) is 17.4 Å². The van der Waals surface area contributed by atoms with Gasteiger partial charge in [-0.05, 0) is 31.2 Å². The van der Waals surface area contributed by atoms with Gasteiger partial charge in [-0.15, -0.1) is 5.10 Å². The fraction of sp³-hybridized carbons (Fsp3) is 0.294. The molecule has 0 radical (unpaired) electrons. The standard InChI is InChI=1S/C17H18N6O/c1-12-5-6-16(21-20-12)22-10-13(11-22)9-18-14-8-17(24)23-7-3-2-4-15(23)19-14/h2-8,13,18H,9-11H2,1H3. The molecule has 0 unspecified atom stereocenters. The van der Waals surface area contributed by atoms with E-state index in [1.54, 1.807) is 6.20 Å². The molecule has 0 bridgehead atoms. The van der Waals surface area contributed by atoms with Gasteiger partial charge in [-0.25, -0.2) is 4.98 Å². The first kappa shape index (κ1) is 14.6. The van der Waals surface area contributed by atoms with Gasteiger partial charge < -0.3 is 10.2 Å². The van der Waals surface area contributed by atoms with E-state index in [0.717, 1.165) is 31.1 Å². The Kier molecular flexibility index (Phi) is 3.60. The Labute approximate surface area is 139 Å². The smallest absolute Gasteiger partial charge is 0.259 e. The van der Waals surface area contributed by atoms with Gasteiger partial charge in [0.1, 0.15) is 11.5 Å². The van der Waals surface area contributed by atoms with Crippen LogP contribution in [0.15, 0.2) is 47.4 Å². The van der Waals surface area contributed by atoms with E-state index >= 15 is 0 Å². The molecule has 1 N–H and O–H groups in total. The first-order valence-electron chi connectivity index (χ1n) is 7.97. The lowest BCUT2D eigenvalue weighted by molar-refractivity contribution is 0.425. The average Bonchev–Trinajstić information content (AvgIpc) is 2.55. The maximum absolute atomic E-state index is 12.1. The minimum absolute atomic E-state index is 0.0757. The Balaban J connectivity index is 1.37.